The number of carbonyl (C=O) groups is 2. The van der Waals surface area contributed by atoms with Gasteiger partial charge in [-0.25, -0.2) is 0 Å². The fourth-order valence-electron chi connectivity index (χ4n) is 2.52. The van der Waals surface area contributed by atoms with Crippen LogP contribution in [0.15, 0.2) is 11.1 Å². The molecule has 0 unspecified atom stereocenters. The Morgan fingerprint density at radius 2 is 1.45 bits per heavy atom. The van der Waals surface area contributed by atoms with Crippen LogP contribution in [0, 0.1) is 11.8 Å². The standard InChI is InChI=1S/C13H20O5.2Na/c1-7(2)10(12(15)16)11(13(17)18)8-3-5-9(14)6-4-8;;/h7-9,14H,3-6H2,1-2H3,(H,15,16)(H,17,18);;/q;2*+1/p-2. The van der Waals surface area contributed by atoms with Gasteiger partial charge in [-0.3, -0.25) is 0 Å². The van der Waals surface area contributed by atoms with Crippen LogP contribution in [0.5, 0.6) is 0 Å². The zero-order valence-electron chi connectivity index (χ0n) is 12.6. The molecule has 1 aliphatic carbocycles. The molecule has 0 aromatic rings. The number of carbonyl (C=O) groups excluding carboxylic acids is 2. The first-order chi connectivity index (χ1) is 8.34. The van der Waals surface area contributed by atoms with Crippen LogP contribution in [0.4, 0.5) is 0 Å². The molecule has 1 fully saturated rings. The summed E-state index contributed by atoms with van der Waals surface area (Å²) in [5.41, 5.74) is -0.340. The largest absolute Gasteiger partial charge is 1.00 e. The molecule has 7 heteroatoms. The molecule has 0 spiro atoms. The minimum Gasteiger partial charge on any atom is -0.545 e. The number of carboxylic acid groups (broad SMARTS) is 2. The summed E-state index contributed by atoms with van der Waals surface area (Å²) in [7, 11) is 0. The first-order valence-electron chi connectivity index (χ1n) is 6.19. The predicted molar refractivity (Wildman–Crippen MR) is 59.8 cm³/mol. The van der Waals surface area contributed by atoms with Crippen molar-refractivity contribution in [1.29, 1.82) is 0 Å². The molecule has 0 saturated heterocycles. The molecule has 1 N–H and O–H groups in total. The van der Waals surface area contributed by atoms with Crippen LogP contribution in [0.1, 0.15) is 39.5 Å². The number of rotatable bonds is 4. The van der Waals surface area contributed by atoms with Gasteiger partial charge < -0.3 is 24.9 Å². The van der Waals surface area contributed by atoms with Crippen molar-refractivity contribution in [1.82, 2.24) is 0 Å². The number of hydrogen-bond donors (Lipinski definition) is 1. The van der Waals surface area contributed by atoms with E-state index < -0.39 is 24.0 Å². The van der Waals surface area contributed by atoms with E-state index in [1.165, 1.54) is 0 Å². The maximum Gasteiger partial charge on any atom is 1.00 e. The van der Waals surface area contributed by atoms with Crippen LogP contribution < -0.4 is 69.3 Å². The summed E-state index contributed by atoms with van der Waals surface area (Å²) >= 11 is 0. The van der Waals surface area contributed by atoms with E-state index in [0.717, 1.165) is 0 Å². The van der Waals surface area contributed by atoms with E-state index in [2.05, 4.69) is 0 Å². The van der Waals surface area contributed by atoms with Gasteiger partial charge in [-0.15, -0.1) is 0 Å². The molecule has 0 heterocycles. The summed E-state index contributed by atoms with van der Waals surface area (Å²) in [5, 5.41) is 31.7. The van der Waals surface area contributed by atoms with Gasteiger partial charge in [0.2, 0.25) is 0 Å². The zero-order valence-corrected chi connectivity index (χ0v) is 16.6. The number of aliphatic hydroxyl groups is 1. The second kappa shape index (κ2) is 10.4. The minimum atomic E-state index is -1.45. The molecule has 0 aliphatic heterocycles. The van der Waals surface area contributed by atoms with Gasteiger partial charge in [0.1, 0.15) is 0 Å². The molecule has 0 radical (unpaired) electrons. The van der Waals surface area contributed by atoms with Crippen molar-refractivity contribution in [3.63, 3.8) is 0 Å². The summed E-state index contributed by atoms with van der Waals surface area (Å²) in [6, 6.07) is 0. The molecule has 1 aliphatic rings. The molecule has 1 saturated carbocycles. The Kier molecular flexibility index (Phi) is 11.9. The first-order valence-corrected chi connectivity index (χ1v) is 6.19. The quantitative estimate of drug-likeness (QED) is 0.411. The second-order valence-electron chi connectivity index (χ2n) is 5.06. The van der Waals surface area contributed by atoms with Crippen molar-refractivity contribution in [2.45, 2.75) is 45.6 Å². The monoisotopic (exact) mass is 300 g/mol. The Labute approximate surface area is 163 Å². The number of carboxylic acids is 2. The first kappa shape index (κ1) is 22.9. The van der Waals surface area contributed by atoms with Gasteiger partial charge in [-0.2, -0.15) is 0 Å². The fraction of sp³-hybridized carbons (Fsp3) is 0.692. The van der Waals surface area contributed by atoms with Gasteiger partial charge in [-0.05, 0) is 48.7 Å². The molecular formula is C13H18Na2O5. The predicted octanol–water partition coefficient (Wildman–Crippen LogP) is -7.00. The van der Waals surface area contributed by atoms with E-state index in [-0.39, 0.29) is 76.2 Å². The third kappa shape index (κ3) is 6.18. The molecule has 5 nitrogen and oxygen atoms in total. The summed E-state index contributed by atoms with van der Waals surface area (Å²) < 4.78 is 0. The Bertz CT molecular complexity index is 371. The van der Waals surface area contributed by atoms with E-state index in [1.54, 1.807) is 13.8 Å². The zero-order chi connectivity index (χ0) is 13.9. The molecule has 0 aromatic carbocycles. The summed E-state index contributed by atoms with van der Waals surface area (Å²) in [6.07, 6.45) is 1.48. The second-order valence-corrected chi connectivity index (χ2v) is 5.06. The van der Waals surface area contributed by atoms with Crippen LogP contribution in [0.25, 0.3) is 0 Å². The molecule has 0 bridgehead atoms. The summed E-state index contributed by atoms with van der Waals surface area (Å²) in [6.45, 7) is 3.23. The van der Waals surface area contributed by atoms with E-state index in [4.69, 9.17) is 0 Å². The average molecular weight is 300 g/mol. The molecule has 1 rings (SSSR count). The van der Waals surface area contributed by atoms with Crippen molar-refractivity contribution in [2.75, 3.05) is 0 Å². The molecular weight excluding hydrogens is 282 g/mol. The van der Waals surface area contributed by atoms with Gasteiger partial charge in [0.05, 0.1) is 18.0 Å². The summed E-state index contributed by atoms with van der Waals surface area (Å²) in [5.74, 6) is -3.69. The Morgan fingerprint density at radius 1 is 1.00 bits per heavy atom. The van der Waals surface area contributed by atoms with Gasteiger partial charge in [0, 0.05) is 0 Å². The van der Waals surface area contributed by atoms with Crippen molar-refractivity contribution < 1.29 is 84.0 Å². The van der Waals surface area contributed by atoms with Crippen molar-refractivity contribution in [3.05, 3.63) is 11.1 Å². The smallest absolute Gasteiger partial charge is 0.545 e. The van der Waals surface area contributed by atoms with Crippen LogP contribution >= 0.6 is 0 Å². The number of aliphatic carboxylic acids is 2. The van der Waals surface area contributed by atoms with E-state index >= 15 is 0 Å². The molecule has 102 valence electrons. The van der Waals surface area contributed by atoms with Gasteiger partial charge in [0.15, 0.2) is 0 Å². The Balaban J connectivity index is 0. The molecule has 20 heavy (non-hydrogen) atoms. The topological polar surface area (TPSA) is 100 Å². The van der Waals surface area contributed by atoms with E-state index in [9.17, 15) is 24.9 Å². The average Bonchev–Trinajstić information content (AvgIpc) is 2.25. The minimum absolute atomic E-state index is 0. The third-order valence-electron chi connectivity index (χ3n) is 3.41. The fourth-order valence-corrected chi connectivity index (χ4v) is 2.52. The summed E-state index contributed by atoms with van der Waals surface area (Å²) in [4.78, 5) is 22.3. The number of aliphatic hydroxyl groups excluding tert-OH is 1. The van der Waals surface area contributed by atoms with Crippen LogP contribution in [-0.4, -0.2) is 23.1 Å². The third-order valence-corrected chi connectivity index (χ3v) is 3.41. The van der Waals surface area contributed by atoms with Crippen molar-refractivity contribution in [2.24, 2.45) is 11.8 Å². The normalized spacial score (nSPS) is 23.2. The van der Waals surface area contributed by atoms with Crippen LogP contribution in [-0.2, 0) is 9.59 Å². The van der Waals surface area contributed by atoms with Crippen molar-refractivity contribution >= 4 is 11.9 Å². The van der Waals surface area contributed by atoms with Gasteiger partial charge >= 0.3 is 59.1 Å². The van der Waals surface area contributed by atoms with Crippen LogP contribution in [0.3, 0.4) is 0 Å². The van der Waals surface area contributed by atoms with Gasteiger partial charge in [0.25, 0.3) is 0 Å². The SMILES string of the molecule is CC(C)C(C(=O)[O-])=C(C(=O)[O-])C1CCC(O)CC1.[Na+].[Na+]. The van der Waals surface area contributed by atoms with E-state index in [1.807, 2.05) is 0 Å². The molecule has 0 aromatic heterocycles. The molecule has 0 amide bonds. The van der Waals surface area contributed by atoms with Gasteiger partial charge in [-0.1, -0.05) is 13.8 Å². The Morgan fingerprint density at radius 3 is 1.75 bits per heavy atom. The molecule has 0 atom stereocenters. The van der Waals surface area contributed by atoms with Crippen molar-refractivity contribution in [3.8, 4) is 0 Å². The maximum atomic E-state index is 11.2. The van der Waals surface area contributed by atoms with Crippen LogP contribution in [0.2, 0.25) is 0 Å². The van der Waals surface area contributed by atoms with E-state index in [0.29, 0.717) is 25.7 Å². The maximum absolute atomic E-state index is 11.2. The Hall–Kier alpha value is 0.640. The number of hydrogen-bond acceptors (Lipinski definition) is 5.